The Bertz CT molecular complexity index is 457. The Morgan fingerprint density at radius 1 is 1.39 bits per heavy atom. The van der Waals surface area contributed by atoms with E-state index in [1.54, 1.807) is 0 Å². The summed E-state index contributed by atoms with van der Waals surface area (Å²) in [4.78, 5) is 14.8. The van der Waals surface area contributed by atoms with Gasteiger partial charge in [0.05, 0.1) is 0 Å². The van der Waals surface area contributed by atoms with E-state index < -0.39 is 11.6 Å². The van der Waals surface area contributed by atoms with Crippen LogP contribution in [0.25, 0.3) is 0 Å². The first kappa shape index (κ1) is 12.5. The standard InChI is InChI=1S/C11H14F2N4O/c1-14-10-7(12)4-8(13)11(17-10)16-6-2-3-9(18)15-5-6/h4,6H,2-3,5H2,1H3,(H,15,18)(H2,14,16,17). The van der Waals surface area contributed by atoms with Crippen LogP contribution in [0.2, 0.25) is 0 Å². The van der Waals surface area contributed by atoms with Gasteiger partial charge in [0.2, 0.25) is 5.91 Å². The summed E-state index contributed by atoms with van der Waals surface area (Å²) in [5, 5.41) is 8.08. The summed E-state index contributed by atoms with van der Waals surface area (Å²) < 4.78 is 26.7. The van der Waals surface area contributed by atoms with Crippen molar-refractivity contribution in [2.24, 2.45) is 0 Å². The molecule has 1 atom stereocenters. The summed E-state index contributed by atoms with van der Waals surface area (Å²) in [6.07, 6.45) is 0.985. The molecule has 1 saturated heterocycles. The number of pyridine rings is 1. The third-order valence-electron chi connectivity index (χ3n) is 2.77. The predicted molar refractivity (Wildman–Crippen MR) is 63.4 cm³/mol. The van der Waals surface area contributed by atoms with E-state index in [1.165, 1.54) is 7.05 Å². The maximum Gasteiger partial charge on any atom is 0.220 e. The topological polar surface area (TPSA) is 66.0 Å². The lowest BCUT2D eigenvalue weighted by Gasteiger charge is -2.24. The fourth-order valence-electron chi connectivity index (χ4n) is 1.79. The molecule has 1 aliphatic rings. The van der Waals surface area contributed by atoms with Crippen LogP contribution in [0.4, 0.5) is 20.4 Å². The largest absolute Gasteiger partial charge is 0.371 e. The number of amides is 1. The van der Waals surface area contributed by atoms with Crippen molar-refractivity contribution in [1.82, 2.24) is 10.3 Å². The molecule has 0 bridgehead atoms. The number of carbonyl (C=O) groups excluding carboxylic acids is 1. The molecule has 1 aromatic rings. The molecule has 7 heteroatoms. The zero-order valence-corrected chi connectivity index (χ0v) is 9.89. The number of rotatable bonds is 3. The molecule has 1 unspecified atom stereocenters. The van der Waals surface area contributed by atoms with Crippen LogP contribution in [-0.4, -0.2) is 30.5 Å². The Morgan fingerprint density at radius 3 is 2.72 bits per heavy atom. The highest BCUT2D eigenvalue weighted by Gasteiger charge is 2.20. The Labute approximate surface area is 103 Å². The van der Waals surface area contributed by atoms with E-state index in [4.69, 9.17) is 0 Å². The van der Waals surface area contributed by atoms with Crippen molar-refractivity contribution in [3.63, 3.8) is 0 Å². The van der Waals surface area contributed by atoms with Gasteiger partial charge in [-0.2, -0.15) is 0 Å². The van der Waals surface area contributed by atoms with Crippen LogP contribution in [-0.2, 0) is 4.79 Å². The molecule has 0 radical (unpaired) electrons. The number of piperidine rings is 1. The minimum atomic E-state index is -0.747. The molecule has 1 fully saturated rings. The smallest absolute Gasteiger partial charge is 0.220 e. The van der Waals surface area contributed by atoms with Gasteiger partial charge in [0, 0.05) is 32.1 Å². The van der Waals surface area contributed by atoms with Crippen LogP contribution < -0.4 is 16.0 Å². The lowest BCUT2D eigenvalue weighted by molar-refractivity contribution is -0.122. The second-order valence-electron chi connectivity index (χ2n) is 4.08. The van der Waals surface area contributed by atoms with Crippen molar-refractivity contribution in [1.29, 1.82) is 0 Å². The molecule has 0 saturated carbocycles. The molecule has 3 N–H and O–H groups in total. The Hall–Kier alpha value is -1.92. The molecule has 1 aliphatic heterocycles. The third-order valence-corrected chi connectivity index (χ3v) is 2.77. The van der Waals surface area contributed by atoms with Crippen molar-refractivity contribution in [3.05, 3.63) is 17.7 Å². The monoisotopic (exact) mass is 256 g/mol. The van der Waals surface area contributed by atoms with E-state index in [2.05, 4.69) is 20.9 Å². The lowest BCUT2D eigenvalue weighted by atomic mass is 10.1. The Balaban J connectivity index is 2.11. The molecular weight excluding hydrogens is 242 g/mol. The maximum absolute atomic E-state index is 13.5. The SMILES string of the molecule is CNc1nc(NC2CCC(=O)NC2)c(F)cc1F. The minimum absolute atomic E-state index is 0.0121. The van der Waals surface area contributed by atoms with Crippen molar-refractivity contribution < 1.29 is 13.6 Å². The van der Waals surface area contributed by atoms with Crippen molar-refractivity contribution in [2.75, 3.05) is 24.2 Å². The summed E-state index contributed by atoms with van der Waals surface area (Å²) in [5.41, 5.74) is 0. The Kier molecular flexibility index (Phi) is 3.59. The fraction of sp³-hybridized carbons (Fsp3) is 0.455. The molecule has 0 aliphatic carbocycles. The van der Waals surface area contributed by atoms with Gasteiger partial charge in [-0.05, 0) is 6.42 Å². The molecule has 1 amide bonds. The van der Waals surface area contributed by atoms with E-state index in [0.29, 0.717) is 19.4 Å². The third kappa shape index (κ3) is 2.66. The van der Waals surface area contributed by atoms with Gasteiger partial charge < -0.3 is 16.0 Å². The first-order valence-corrected chi connectivity index (χ1v) is 5.67. The highest BCUT2D eigenvalue weighted by molar-refractivity contribution is 5.77. The number of hydrogen-bond donors (Lipinski definition) is 3. The molecule has 2 rings (SSSR count). The normalized spacial score (nSPS) is 19.3. The number of carbonyl (C=O) groups is 1. The molecule has 0 aromatic carbocycles. The van der Waals surface area contributed by atoms with Crippen LogP contribution in [0.3, 0.4) is 0 Å². The van der Waals surface area contributed by atoms with E-state index in [9.17, 15) is 13.6 Å². The van der Waals surface area contributed by atoms with Gasteiger partial charge in [0.25, 0.3) is 0 Å². The number of nitrogens with one attached hydrogen (secondary N) is 3. The zero-order valence-electron chi connectivity index (χ0n) is 9.89. The first-order chi connectivity index (χ1) is 8.60. The van der Waals surface area contributed by atoms with E-state index in [-0.39, 0.29) is 23.6 Å². The van der Waals surface area contributed by atoms with Gasteiger partial charge in [0.1, 0.15) is 0 Å². The van der Waals surface area contributed by atoms with Crippen molar-refractivity contribution in [3.8, 4) is 0 Å². The van der Waals surface area contributed by atoms with Crippen LogP contribution in [0.15, 0.2) is 6.07 Å². The molecule has 18 heavy (non-hydrogen) atoms. The van der Waals surface area contributed by atoms with Crippen molar-refractivity contribution >= 4 is 17.5 Å². The number of hydrogen-bond acceptors (Lipinski definition) is 4. The van der Waals surface area contributed by atoms with E-state index in [1.807, 2.05) is 0 Å². The van der Waals surface area contributed by atoms with Gasteiger partial charge in [-0.1, -0.05) is 0 Å². The van der Waals surface area contributed by atoms with Crippen LogP contribution in [0, 0.1) is 11.6 Å². The second-order valence-corrected chi connectivity index (χ2v) is 4.08. The number of aromatic nitrogens is 1. The number of halogens is 2. The fourth-order valence-corrected chi connectivity index (χ4v) is 1.79. The highest BCUT2D eigenvalue weighted by atomic mass is 19.1. The summed E-state index contributed by atoms with van der Waals surface area (Å²) >= 11 is 0. The van der Waals surface area contributed by atoms with Gasteiger partial charge >= 0.3 is 0 Å². The average molecular weight is 256 g/mol. The molecule has 5 nitrogen and oxygen atoms in total. The summed E-state index contributed by atoms with van der Waals surface area (Å²) in [6.45, 7) is 0.409. The maximum atomic E-state index is 13.5. The summed E-state index contributed by atoms with van der Waals surface area (Å²) in [5.74, 6) is -1.53. The quantitative estimate of drug-likeness (QED) is 0.757. The molecule has 0 spiro atoms. The molecule has 1 aromatic heterocycles. The van der Waals surface area contributed by atoms with Crippen molar-refractivity contribution in [2.45, 2.75) is 18.9 Å². The number of anilines is 2. The van der Waals surface area contributed by atoms with Gasteiger partial charge in [-0.15, -0.1) is 0 Å². The van der Waals surface area contributed by atoms with E-state index in [0.717, 1.165) is 6.07 Å². The van der Waals surface area contributed by atoms with Gasteiger partial charge in [-0.25, -0.2) is 13.8 Å². The minimum Gasteiger partial charge on any atom is -0.371 e. The van der Waals surface area contributed by atoms with Gasteiger partial charge in [-0.3, -0.25) is 4.79 Å². The zero-order chi connectivity index (χ0) is 13.1. The van der Waals surface area contributed by atoms with E-state index >= 15 is 0 Å². The summed E-state index contributed by atoms with van der Waals surface area (Å²) in [6, 6.07) is 0.683. The Morgan fingerprint density at radius 2 is 2.11 bits per heavy atom. The lowest BCUT2D eigenvalue weighted by Crippen LogP contribution is -2.42. The summed E-state index contributed by atoms with van der Waals surface area (Å²) in [7, 11) is 1.51. The molecule has 98 valence electrons. The average Bonchev–Trinajstić information content (AvgIpc) is 2.35. The first-order valence-electron chi connectivity index (χ1n) is 5.67. The second kappa shape index (κ2) is 5.16. The molecular formula is C11H14F2N4O. The number of nitrogens with zero attached hydrogens (tertiary/aromatic N) is 1. The van der Waals surface area contributed by atoms with Gasteiger partial charge in [0.15, 0.2) is 23.3 Å². The highest BCUT2D eigenvalue weighted by Crippen LogP contribution is 2.20. The van der Waals surface area contributed by atoms with Crippen LogP contribution in [0.1, 0.15) is 12.8 Å². The predicted octanol–water partition coefficient (Wildman–Crippen LogP) is 1.09. The van der Waals surface area contributed by atoms with Crippen LogP contribution >= 0.6 is 0 Å². The van der Waals surface area contributed by atoms with Crippen LogP contribution in [0.5, 0.6) is 0 Å². The molecule has 2 heterocycles.